The molecular weight excluding hydrogens is 242 g/mol. The summed E-state index contributed by atoms with van der Waals surface area (Å²) in [4.78, 5) is 15.5. The van der Waals surface area contributed by atoms with E-state index in [2.05, 4.69) is 15.6 Å². The number of hydrogen-bond acceptors (Lipinski definition) is 3. The second kappa shape index (κ2) is 8.48. The van der Waals surface area contributed by atoms with Crippen molar-refractivity contribution in [2.75, 3.05) is 13.1 Å². The number of pyridine rings is 1. The third-order valence-electron chi connectivity index (χ3n) is 2.92. The van der Waals surface area contributed by atoms with Gasteiger partial charge in [0.15, 0.2) is 0 Å². The molecule has 0 spiro atoms. The van der Waals surface area contributed by atoms with E-state index >= 15 is 0 Å². The fraction of sp³-hybridized carbons (Fsp3) is 0.571. The van der Waals surface area contributed by atoms with Gasteiger partial charge in [-0.25, -0.2) is 4.79 Å². The zero-order valence-electron chi connectivity index (χ0n) is 11.6. The predicted molar refractivity (Wildman–Crippen MR) is 74.8 cm³/mol. The van der Waals surface area contributed by atoms with Crippen LogP contribution in [0.1, 0.15) is 25.8 Å². The number of hydrogen-bond donors (Lipinski definition) is 3. The molecule has 0 aromatic carbocycles. The van der Waals surface area contributed by atoms with Crippen molar-refractivity contribution in [2.24, 2.45) is 5.92 Å². The number of aromatic nitrogens is 1. The van der Waals surface area contributed by atoms with Crippen molar-refractivity contribution in [3.05, 3.63) is 30.1 Å². The number of nitrogens with zero attached hydrogens (tertiary/aromatic N) is 1. The second-order valence-corrected chi connectivity index (χ2v) is 4.89. The Hall–Kier alpha value is -1.62. The summed E-state index contributed by atoms with van der Waals surface area (Å²) in [6.45, 7) is 4.97. The normalized spacial score (nSPS) is 12.2. The first kappa shape index (κ1) is 15.4. The quantitative estimate of drug-likeness (QED) is 0.696. The van der Waals surface area contributed by atoms with Crippen molar-refractivity contribution < 1.29 is 9.90 Å². The van der Waals surface area contributed by atoms with Crippen molar-refractivity contribution in [2.45, 2.75) is 32.8 Å². The Morgan fingerprint density at radius 2 is 2.11 bits per heavy atom. The van der Waals surface area contributed by atoms with Crippen LogP contribution >= 0.6 is 0 Å². The van der Waals surface area contributed by atoms with E-state index in [9.17, 15) is 9.90 Å². The Morgan fingerprint density at radius 1 is 1.37 bits per heavy atom. The number of nitrogens with one attached hydrogen (secondary N) is 2. The monoisotopic (exact) mass is 265 g/mol. The summed E-state index contributed by atoms with van der Waals surface area (Å²) in [7, 11) is 0. The molecule has 1 aromatic rings. The molecule has 1 heterocycles. The van der Waals surface area contributed by atoms with E-state index in [1.54, 1.807) is 12.4 Å². The molecule has 5 nitrogen and oxygen atoms in total. The summed E-state index contributed by atoms with van der Waals surface area (Å²) < 4.78 is 0. The van der Waals surface area contributed by atoms with Crippen molar-refractivity contribution in [3.8, 4) is 0 Å². The van der Waals surface area contributed by atoms with E-state index in [0.717, 1.165) is 12.0 Å². The molecule has 3 N–H and O–H groups in total. The zero-order valence-corrected chi connectivity index (χ0v) is 11.6. The molecule has 2 amide bonds. The van der Waals surface area contributed by atoms with E-state index in [1.165, 1.54) is 0 Å². The topological polar surface area (TPSA) is 74.2 Å². The molecule has 0 saturated carbocycles. The molecule has 1 atom stereocenters. The van der Waals surface area contributed by atoms with Crippen LogP contribution in [0, 0.1) is 5.92 Å². The van der Waals surface area contributed by atoms with Crippen molar-refractivity contribution in [1.82, 2.24) is 15.6 Å². The van der Waals surface area contributed by atoms with Gasteiger partial charge < -0.3 is 15.7 Å². The van der Waals surface area contributed by atoms with E-state index in [0.29, 0.717) is 19.5 Å². The molecule has 0 bridgehead atoms. The molecule has 0 aliphatic carbocycles. The molecule has 1 unspecified atom stereocenters. The Balaban J connectivity index is 2.08. The highest BCUT2D eigenvalue weighted by atomic mass is 16.3. The summed E-state index contributed by atoms with van der Waals surface area (Å²) in [6.07, 6.45) is 4.49. The first-order chi connectivity index (χ1) is 9.09. The van der Waals surface area contributed by atoms with E-state index < -0.39 is 0 Å². The number of carbonyl (C=O) groups excluding carboxylic acids is 1. The minimum atomic E-state index is -0.365. The smallest absolute Gasteiger partial charge is 0.314 e. The van der Waals surface area contributed by atoms with Gasteiger partial charge in [-0.3, -0.25) is 4.98 Å². The van der Waals surface area contributed by atoms with Crippen LogP contribution < -0.4 is 10.6 Å². The summed E-state index contributed by atoms with van der Waals surface area (Å²) in [5.41, 5.74) is 1.10. The van der Waals surface area contributed by atoms with Gasteiger partial charge in [0.2, 0.25) is 0 Å². The molecule has 0 radical (unpaired) electrons. The molecular formula is C14H23N3O2. The highest BCUT2D eigenvalue weighted by Crippen LogP contribution is 2.03. The standard InChI is InChI=1S/C14H23N3O2/c1-11(2)13(18)6-9-17-14(19)16-8-5-12-4-3-7-15-10-12/h3-4,7,10-11,13,18H,5-6,8-9H2,1-2H3,(H2,16,17,19). The number of carbonyl (C=O) groups is 1. The van der Waals surface area contributed by atoms with Crippen LogP contribution in [0.5, 0.6) is 0 Å². The minimum absolute atomic E-state index is 0.195. The van der Waals surface area contributed by atoms with Gasteiger partial charge in [0, 0.05) is 25.5 Å². The minimum Gasteiger partial charge on any atom is -0.393 e. The molecule has 1 aromatic heterocycles. The van der Waals surface area contributed by atoms with Gasteiger partial charge >= 0.3 is 6.03 Å². The third-order valence-corrected chi connectivity index (χ3v) is 2.92. The Bertz CT molecular complexity index is 368. The molecule has 5 heteroatoms. The second-order valence-electron chi connectivity index (χ2n) is 4.89. The molecule has 0 fully saturated rings. The Labute approximate surface area is 114 Å². The van der Waals surface area contributed by atoms with Crippen LogP contribution in [0.3, 0.4) is 0 Å². The Kier molecular flexibility index (Phi) is 6.89. The number of urea groups is 1. The van der Waals surface area contributed by atoms with Gasteiger partial charge in [-0.15, -0.1) is 0 Å². The first-order valence-electron chi connectivity index (χ1n) is 6.68. The maximum absolute atomic E-state index is 11.5. The Morgan fingerprint density at radius 3 is 2.74 bits per heavy atom. The predicted octanol–water partition coefficient (Wildman–Crippen LogP) is 1.33. The molecule has 19 heavy (non-hydrogen) atoms. The maximum Gasteiger partial charge on any atom is 0.314 e. The maximum atomic E-state index is 11.5. The van der Waals surface area contributed by atoms with Gasteiger partial charge in [-0.05, 0) is 30.4 Å². The summed E-state index contributed by atoms with van der Waals surface area (Å²) in [5, 5.41) is 15.1. The molecule has 0 aliphatic heterocycles. The SMILES string of the molecule is CC(C)C(O)CCNC(=O)NCCc1cccnc1. The van der Waals surface area contributed by atoms with Crippen molar-refractivity contribution in [3.63, 3.8) is 0 Å². The highest BCUT2D eigenvalue weighted by molar-refractivity contribution is 5.73. The fourth-order valence-corrected chi connectivity index (χ4v) is 1.60. The van der Waals surface area contributed by atoms with Gasteiger partial charge in [-0.1, -0.05) is 19.9 Å². The average Bonchev–Trinajstić information content (AvgIpc) is 2.39. The zero-order chi connectivity index (χ0) is 14.1. The van der Waals surface area contributed by atoms with Gasteiger partial charge in [-0.2, -0.15) is 0 Å². The lowest BCUT2D eigenvalue weighted by molar-refractivity contribution is 0.116. The molecule has 0 saturated heterocycles. The largest absolute Gasteiger partial charge is 0.393 e. The van der Waals surface area contributed by atoms with Crippen LogP contribution in [0.2, 0.25) is 0 Å². The molecule has 106 valence electrons. The number of amides is 2. The number of aliphatic hydroxyl groups excluding tert-OH is 1. The van der Waals surface area contributed by atoms with Crippen LogP contribution in [0.25, 0.3) is 0 Å². The summed E-state index contributed by atoms with van der Waals surface area (Å²) in [5.74, 6) is 0.218. The van der Waals surface area contributed by atoms with Gasteiger partial charge in [0.25, 0.3) is 0 Å². The van der Waals surface area contributed by atoms with Gasteiger partial charge in [0.1, 0.15) is 0 Å². The van der Waals surface area contributed by atoms with Crippen LogP contribution in [0.4, 0.5) is 4.79 Å². The lowest BCUT2D eigenvalue weighted by Gasteiger charge is -2.14. The summed E-state index contributed by atoms with van der Waals surface area (Å²) in [6, 6.07) is 3.66. The van der Waals surface area contributed by atoms with Crippen molar-refractivity contribution in [1.29, 1.82) is 0 Å². The lowest BCUT2D eigenvalue weighted by atomic mass is 10.0. The fourth-order valence-electron chi connectivity index (χ4n) is 1.60. The van der Waals surface area contributed by atoms with E-state index in [1.807, 2.05) is 26.0 Å². The van der Waals surface area contributed by atoms with Gasteiger partial charge in [0.05, 0.1) is 6.10 Å². The first-order valence-corrected chi connectivity index (χ1v) is 6.68. The molecule has 1 rings (SSSR count). The average molecular weight is 265 g/mol. The lowest BCUT2D eigenvalue weighted by Crippen LogP contribution is -2.38. The van der Waals surface area contributed by atoms with Crippen LogP contribution in [-0.4, -0.2) is 35.3 Å². The van der Waals surface area contributed by atoms with Crippen molar-refractivity contribution >= 4 is 6.03 Å². The third kappa shape index (κ3) is 6.76. The number of aliphatic hydroxyl groups is 1. The van der Waals surface area contributed by atoms with E-state index in [-0.39, 0.29) is 18.1 Å². The highest BCUT2D eigenvalue weighted by Gasteiger charge is 2.09. The van der Waals surface area contributed by atoms with Crippen LogP contribution in [0.15, 0.2) is 24.5 Å². The molecule has 0 aliphatic rings. The summed E-state index contributed by atoms with van der Waals surface area (Å²) >= 11 is 0. The van der Waals surface area contributed by atoms with E-state index in [4.69, 9.17) is 0 Å². The van der Waals surface area contributed by atoms with Crippen LogP contribution in [-0.2, 0) is 6.42 Å². The number of rotatable bonds is 7.